The van der Waals surface area contributed by atoms with E-state index in [1.54, 1.807) is 29.9 Å². The number of ether oxygens (including phenoxy) is 1. The van der Waals surface area contributed by atoms with E-state index >= 15 is 0 Å². The fourth-order valence-corrected chi connectivity index (χ4v) is 3.38. The molecule has 6 nitrogen and oxygen atoms in total. The van der Waals surface area contributed by atoms with Crippen LogP contribution in [0, 0.1) is 0 Å². The first kappa shape index (κ1) is 15.1. The number of aliphatic imine (C=N–C) groups is 1. The Morgan fingerprint density at radius 1 is 1.55 bits per heavy atom. The van der Waals surface area contributed by atoms with Crippen LogP contribution in [0.15, 0.2) is 27.8 Å². The number of esters is 1. The van der Waals surface area contributed by atoms with E-state index in [0.29, 0.717) is 25.3 Å². The van der Waals surface area contributed by atoms with Gasteiger partial charge in [0.25, 0.3) is 0 Å². The molecule has 0 aromatic carbocycles. The smallest absolute Gasteiger partial charge is 0.337 e. The number of nitrogens with zero attached hydrogens (tertiary/aromatic N) is 4. The van der Waals surface area contributed by atoms with Gasteiger partial charge in [-0.3, -0.25) is 4.99 Å². The Hall–Kier alpha value is -1.80. The Bertz CT molecular complexity index is 639. The summed E-state index contributed by atoms with van der Waals surface area (Å²) in [4.78, 5) is 25.2. The number of carbonyl (C=O) groups is 1. The van der Waals surface area contributed by atoms with Crippen LogP contribution >= 0.6 is 23.6 Å². The molecule has 1 saturated heterocycles. The molecule has 0 aliphatic carbocycles. The molecule has 22 heavy (non-hydrogen) atoms. The van der Waals surface area contributed by atoms with Crippen molar-refractivity contribution < 1.29 is 9.53 Å². The van der Waals surface area contributed by atoms with Crippen LogP contribution in [0.3, 0.4) is 0 Å². The second-order valence-corrected chi connectivity index (χ2v) is 5.96. The molecule has 3 rings (SSSR count). The molecule has 8 heteroatoms. The second-order valence-electron chi connectivity index (χ2n) is 4.85. The van der Waals surface area contributed by atoms with Gasteiger partial charge < -0.3 is 14.5 Å². The van der Waals surface area contributed by atoms with E-state index in [1.165, 1.54) is 0 Å². The van der Waals surface area contributed by atoms with E-state index in [9.17, 15) is 4.79 Å². The molecule has 0 atom stereocenters. The van der Waals surface area contributed by atoms with Crippen LogP contribution in [0.5, 0.6) is 0 Å². The van der Waals surface area contributed by atoms with Gasteiger partial charge in [-0.1, -0.05) is 12.2 Å². The maximum Gasteiger partial charge on any atom is 0.337 e. The molecular weight excluding hydrogens is 320 g/mol. The number of carbonyl (C=O) groups excluding carboxylic acids is 1. The van der Waals surface area contributed by atoms with E-state index in [-0.39, 0.29) is 5.97 Å². The lowest BCUT2D eigenvalue weighted by Gasteiger charge is -2.40. The molecule has 0 spiro atoms. The minimum atomic E-state index is -0.296. The molecule has 2 aliphatic heterocycles. The standard InChI is InChI=1S/C14H16N4O2S2/c1-2-20-14(19)10-7-16-12(13-15-3-6-22-13)18-5-4-17(9-21)8-11(10)18/h3,6,9H,2,4-5,7-8H2,1H3. The fourth-order valence-electron chi connectivity index (χ4n) is 2.55. The first-order valence-corrected chi connectivity index (χ1v) is 8.40. The molecule has 0 bridgehead atoms. The third-order valence-corrected chi connectivity index (χ3v) is 4.64. The maximum atomic E-state index is 12.2. The van der Waals surface area contributed by atoms with E-state index in [4.69, 9.17) is 17.0 Å². The molecule has 1 aromatic rings. The number of rotatable bonds is 4. The Balaban J connectivity index is 1.95. The Labute approximate surface area is 138 Å². The third kappa shape index (κ3) is 2.76. The molecule has 0 radical (unpaired) electrons. The lowest BCUT2D eigenvalue weighted by atomic mass is 10.1. The van der Waals surface area contributed by atoms with Gasteiger partial charge in [-0.05, 0) is 6.92 Å². The molecule has 3 heterocycles. The number of fused-ring (bicyclic) bond motifs is 1. The summed E-state index contributed by atoms with van der Waals surface area (Å²) in [7, 11) is 0. The van der Waals surface area contributed by atoms with E-state index in [2.05, 4.69) is 14.9 Å². The minimum absolute atomic E-state index is 0.296. The quantitative estimate of drug-likeness (QED) is 0.610. The molecule has 0 N–H and O–H groups in total. The van der Waals surface area contributed by atoms with Gasteiger partial charge >= 0.3 is 5.97 Å². The van der Waals surface area contributed by atoms with E-state index < -0.39 is 0 Å². The molecule has 0 saturated carbocycles. The van der Waals surface area contributed by atoms with Gasteiger partial charge in [0.05, 0.1) is 36.5 Å². The Morgan fingerprint density at radius 2 is 2.41 bits per heavy atom. The second kappa shape index (κ2) is 6.53. The number of amidine groups is 1. The predicted molar refractivity (Wildman–Crippen MR) is 89.1 cm³/mol. The maximum absolute atomic E-state index is 12.2. The number of hydrogen-bond donors (Lipinski definition) is 0. The van der Waals surface area contributed by atoms with Crippen LogP contribution in [0.4, 0.5) is 0 Å². The van der Waals surface area contributed by atoms with Crippen LogP contribution in [-0.4, -0.2) is 64.9 Å². The highest BCUT2D eigenvalue weighted by molar-refractivity contribution is 7.78. The summed E-state index contributed by atoms with van der Waals surface area (Å²) in [6.45, 7) is 4.61. The highest BCUT2D eigenvalue weighted by Gasteiger charge is 2.33. The van der Waals surface area contributed by atoms with Gasteiger partial charge in [0.2, 0.25) is 0 Å². The highest BCUT2D eigenvalue weighted by Crippen LogP contribution is 2.26. The number of piperazine rings is 1. The zero-order valence-corrected chi connectivity index (χ0v) is 13.8. The minimum Gasteiger partial charge on any atom is -0.463 e. The van der Waals surface area contributed by atoms with Gasteiger partial charge in [0.1, 0.15) is 0 Å². The number of hydrogen-bond acceptors (Lipinski definition) is 7. The summed E-state index contributed by atoms with van der Waals surface area (Å²) < 4.78 is 5.16. The van der Waals surface area contributed by atoms with E-state index in [0.717, 1.165) is 29.6 Å². The SMILES string of the molecule is CCOC(=O)C1=C2CN(C=S)CCN2C(c2nccs2)=NC1. The van der Waals surface area contributed by atoms with Crippen molar-refractivity contribution in [1.82, 2.24) is 14.8 Å². The normalized spacial score (nSPS) is 18.0. The van der Waals surface area contributed by atoms with Crippen molar-refractivity contribution in [2.24, 2.45) is 4.99 Å². The summed E-state index contributed by atoms with van der Waals surface area (Å²) in [6.07, 6.45) is 1.76. The molecule has 0 amide bonds. The van der Waals surface area contributed by atoms with Crippen molar-refractivity contribution in [1.29, 1.82) is 0 Å². The van der Waals surface area contributed by atoms with Crippen LogP contribution in [0.25, 0.3) is 0 Å². The van der Waals surface area contributed by atoms with Crippen LogP contribution in [0.1, 0.15) is 11.9 Å². The molecule has 2 aliphatic rings. The zero-order chi connectivity index (χ0) is 15.5. The summed E-state index contributed by atoms with van der Waals surface area (Å²) in [5.41, 5.74) is 3.18. The lowest BCUT2D eigenvalue weighted by molar-refractivity contribution is -0.138. The monoisotopic (exact) mass is 336 g/mol. The number of thiazole rings is 1. The first-order chi connectivity index (χ1) is 10.7. The van der Waals surface area contributed by atoms with Gasteiger partial charge in [-0.25, -0.2) is 9.78 Å². The lowest BCUT2D eigenvalue weighted by Crippen LogP contribution is -2.49. The third-order valence-electron chi connectivity index (χ3n) is 3.57. The summed E-state index contributed by atoms with van der Waals surface area (Å²) in [5, 5.41) is 2.80. The topological polar surface area (TPSA) is 58.0 Å². The van der Waals surface area contributed by atoms with E-state index in [1.807, 2.05) is 10.3 Å². The largest absolute Gasteiger partial charge is 0.463 e. The predicted octanol–water partition coefficient (Wildman–Crippen LogP) is 1.30. The Morgan fingerprint density at radius 3 is 3.09 bits per heavy atom. The summed E-state index contributed by atoms with van der Waals surface area (Å²) in [5.74, 6) is 0.540. The Kier molecular flexibility index (Phi) is 4.49. The average molecular weight is 336 g/mol. The summed E-state index contributed by atoms with van der Waals surface area (Å²) >= 11 is 6.58. The first-order valence-electron chi connectivity index (χ1n) is 7.05. The van der Waals surface area contributed by atoms with Crippen molar-refractivity contribution >= 4 is 40.9 Å². The van der Waals surface area contributed by atoms with Gasteiger partial charge in [-0.15, -0.1) is 11.3 Å². The molecule has 1 aromatic heterocycles. The van der Waals surface area contributed by atoms with Crippen molar-refractivity contribution in [2.75, 3.05) is 32.8 Å². The van der Waals surface area contributed by atoms with Crippen LogP contribution < -0.4 is 0 Å². The van der Waals surface area contributed by atoms with Gasteiger partial charge in [0.15, 0.2) is 10.8 Å². The van der Waals surface area contributed by atoms with Gasteiger partial charge in [0, 0.05) is 24.7 Å². The van der Waals surface area contributed by atoms with Crippen LogP contribution in [0.2, 0.25) is 0 Å². The van der Waals surface area contributed by atoms with Crippen molar-refractivity contribution in [3.63, 3.8) is 0 Å². The number of aromatic nitrogens is 1. The van der Waals surface area contributed by atoms with Crippen LogP contribution in [-0.2, 0) is 9.53 Å². The summed E-state index contributed by atoms with van der Waals surface area (Å²) in [6, 6.07) is 0. The zero-order valence-electron chi connectivity index (χ0n) is 12.2. The molecule has 116 valence electrons. The fraction of sp³-hybridized carbons (Fsp3) is 0.429. The average Bonchev–Trinajstić information content (AvgIpc) is 3.07. The van der Waals surface area contributed by atoms with Crippen molar-refractivity contribution in [3.8, 4) is 0 Å². The molecular formula is C14H16N4O2S2. The van der Waals surface area contributed by atoms with Crippen molar-refractivity contribution in [3.05, 3.63) is 27.9 Å². The number of thiocarbonyl (C=S) groups is 1. The molecule has 0 unspecified atom stereocenters. The van der Waals surface area contributed by atoms with Gasteiger partial charge in [-0.2, -0.15) is 0 Å². The molecule has 1 fully saturated rings. The van der Waals surface area contributed by atoms with Crippen molar-refractivity contribution in [2.45, 2.75) is 6.92 Å². The highest BCUT2D eigenvalue weighted by atomic mass is 32.1.